The third-order valence-electron chi connectivity index (χ3n) is 4.51. The van der Waals surface area contributed by atoms with Gasteiger partial charge in [0.25, 0.3) is 0 Å². The lowest BCUT2D eigenvalue weighted by Crippen LogP contribution is -2.58. The Hall–Kier alpha value is -1.10. The quantitative estimate of drug-likeness (QED) is 0.897. The van der Waals surface area contributed by atoms with Crippen LogP contribution in [0.15, 0.2) is 24.3 Å². The standard InChI is InChI=1S/C16H24N2O2/c1-3-12-9-19-11(2)8-18(12)14-10-20-15-7-5-4-6-13(15)16(14)17/h4-7,11-12,14,16H,3,8-10,17H2,1-2H3. The minimum atomic E-state index is 0.0132. The molecule has 0 spiro atoms. The van der Waals surface area contributed by atoms with Crippen LogP contribution in [0, 0.1) is 0 Å². The average molecular weight is 276 g/mol. The Morgan fingerprint density at radius 2 is 2.10 bits per heavy atom. The summed E-state index contributed by atoms with van der Waals surface area (Å²) < 4.78 is 11.7. The fourth-order valence-electron chi connectivity index (χ4n) is 3.30. The number of hydrogen-bond donors (Lipinski definition) is 1. The van der Waals surface area contributed by atoms with E-state index in [1.165, 1.54) is 0 Å². The van der Waals surface area contributed by atoms with Gasteiger partial charge in [-0.05, 0) is 19.4 Å². The van der Waals surface area contributed by atoms with Crippen LogP contribution in [0.4, 0.5) is 0 Å². The molecule has 0 amide bonds. The van der Waals surface area contributed by atoms with Crippen molar-refractivity contribution >= 4 is 0 Å². The van der Waals surface area contributed by atoms with Crippen LogP contribution >= 0.6 is 0 Å². The molecule has 1 saturated heterocycles. The number of ether oxygens (including phenoxy) is 2. The zero-order valence-electron chi connectivity index (χ0n) is 12.3. The summed E-state index contributed by atoms with van der Waals surface area (Å²) in [7, 11) is 0. The molecular weight excluding hydrogens is 252 g/mol. The number of rotatable bonds is 2. The number of hydrogen-bond acceptors (Lipinski definition) is 4. The SMILES string of the molecule is CCC1COC(C)CN1C1COc2ccccc2C1N. The van der Waals surface area contributed by atoms with Crippen molar-refractivity contribution in [2.24, 2.45) is 5.73 Å². The second-order valence-corrected chi connectivity index (χ2v) is 5.84. The molecule has 2 heterocycles. The van der Waals surface area contributed by atoms with E-state index in [4.69, 9.17) is 15.2 Å². The van der Waals surface area contributed by atoms with Crippen LogP contribution in [-0.4, -0.2) is 42.8 Å². The van der Waals surface area contributed by atoms with Gasteiger partial charge >= 0.3 is 0 Å². The van der Waals surface area contributed by atoms with Gasteiger partial charge in [0.2, 0.25) is 0 Å². The van der Waals surface area contributed by atoms with Gasteiger partial charge in [-0.1, -0.05) is 25.1 Å². The molecule has 1 fully saturated rings. The van der Waals surface area contributed by atoms with E-state index in [-0.39, 0.29) is 18.2 Å². The molecule has 1 aromatic carbocycles. The smallest absolute Gasteiger partial charge is 0.124 e. The Kier molecular flexibility index (Phi) is 3.96. The fraction of sp³-hybridized carbons (Fsp3) is 0.625. The van der Waals surface area contributed by atoms with E-state index in [1.54, 1.807) is 0 Å². The van der Waals surface area contributed by atoms with E-state index in [2.05, 4.69) is 24.8 Å². The maximum absolute atomic E-state index is 6.52. The zero-order chi connectivity index (χ0) is 14.1. The average Bonchev–Trinajstić information content (AvgIpc) is 2.48. The Bertz CT molecular complexity index is 466. The Morgan fingerprint density at radius 3 is 2.90 bits per heavy atom. The van der Waals surface area contributed by atoms with Gasteiger partial charge in [-0.2, -0.15) is 0 Å². The molecular formula is C16H24N2O2. The van der Waals surface area contributed by atoms with Crippen LogP contribution in [0.2, 0.25) is 0 Å². The van der Waals surface area contributed by atoms with E-state index in [0.29, 0.717) is 12.6 Å². The summed E-state index contributed by atoms with van der Waals surface area (Å²) in [5.74, 6) is 0.936. The second-order valence-electron chi connectivity index (χ2n) is 5.84. The summed E-state index contributed by atoms with van der Waals surface area (Å²) in [5.41, 5.74) is 7.64. The fourth-order valence-corrected chi connectivity index (χ4v) is 3.30. The first-order valence-electron chi connectivity index (χ1n) is 7.55. The van der Waals surface area contributed by atoms with Gasteiger partial charge in [-0.15, -0.1) is 0 Å². The van der Waals surface area contributed by atoms with Crippen molar-refractivity contribution in [3.05, 3.63) is 29.8 Å². The highest BCUT2D eigenvalue weighted by Gasteiger charge is 2.38. The highest BCUT2D eigenvalue weighted by molar-refractivity contribution is 5.38. The molecule has 110 valence electrons. The van der Waals surface area contributed by atoms with Gasteiger partial charge in [0.1, 0.15) is 12.4 Å². The maximum atomic E-state index is 6.52. The Balaban J connectivity index is 1.83. The number of morpholine rings is 1. The van der Waals surface area contributed by atoms with Gasteiger partial charge in [0, 0.05) is 18.2 Å². The van der Waals surface area contributed by atoms with Crippen molar-refractivity contribution < 1.29 is 9.47 Å². The summed E-state index contributed by atoms with van der Waals surface area (Å²) in [6.07, 6.45) is 1.35. The van der Waals surface area contributed by atoms with E-state index in [1.807, 2.05) is 18.2 Å². The van der Waals surface area contributed by atoms with Crippen molar-refractivity contribution in [2.75, 3.05) is 19.8 Å². The van der Waals surface area contributed by atoms with Crippen LogP contribution < -0.4 is 10.5 Å². The minimum Gasteiger partial charge on any atom is -0.492 e. The van der Waals surface area contributed by atoms with Crippen LogP contribution in [0.3, 0.4) is 0 Å². The van der Waals surface area contributed by atoms with E-state index in [9.17, 15) is 0 Å². The third-order valence-corrected chi connectivity index (χ3v) is 4.51. The molecule has 2 aliphatic rings. The van der Waals surface area contributed by atoms with Crippen LogP contribution in [0.1, 0.15) is 31.9 Å². The normalized spacial score (nSPS) is 34.4. The predicted molar refractivity (Wildman–Crippen MR) is 78.9 cm³/mol. The van der Waals surface area contributed by atoms with Gasteiger partial charge in [-0.25, -0.2) is 0 Å². The largest absolute Gasteiger partial charge is 0.492 e. The molecule has 0 radical (unpaired) electrons. The first-order valence-corrected chi connectivity index (χ1v) is 7.55. The first kappa shape index (κ1) is 13.9. The van der Waals surface area contributed by atoms with Crippen molar-refractivity contribution in [3.8, 4) is 5.75 Å². The van der Waals surface area contributed by atoms with Gasteiger partial charge in [0.05, 0.1) is 24.8 Å². The van der Waals surface area contributed by atoms with Gasteiger partial charge in [-0.3, -0.25) is 4.90 Å². The second kappa shape index (κ2) is 5.72. The minimum absolute atomic E-state index is 0.0132. The Labute approximate surface area is 120 Å². The van der Waals surface area contributed by atoms with Crippen LogP contribution in [-0.2, 0) is 4.74 Å². The van der Waals surface area contributed by atoms with E-state index in [0.717, 1.165) is 30.9 Å². The van der Waals surface area contributed by atoms with Gasteiger partial charge in [0.15, 0.2) is 0 Å². The third kappa shape index (κ3) is 2.43. The molecule has 0 aliphatic carbocycles. The summed E-state index contributed by atoms with van der Waals surface area (Å²) in [4.78, 5) is 2.49. The van der Waals surface area contributed by atoms with Gasteiger partial charge < -0.3 is 15.2 Å². The topological polar surface area (TPSA) is 47.7 Å². The summed E-state index contributed by atoms with van der Waals surface area (Å²) >= 11 is 0. The van der Waals surface area contributed by atoms with E-state index >= 15 is 0 Å². The van der Waals surface area contributed by atoms with Crippen molar-refractivity contribution in [3.63, 3.8) is 0 Å². The number of para-hydroxylation sites is 1. The summed E-state index contributed by atoms with van der Waals surface area (Å²) in [5, 5.41) is 0. The first-order chi connectivity index (χ1) is 9.70. The van der Waals surface area contributed by atoms with Crippen molar-refractivity contribution in [2.45, 2.75) is 44.5 Å². The zero-order valence-corrected chi connectivity index (χ0v) is 12.3. The number of fused-ring (bicyclic) bond motifs is 1. The molecule has 3 rings (SSSR count). The van der Waals surface area contributed by atoms with Crippen LogP contribution in [0.5, 0.6) is 5.75 Å². The molecule has 1 aromatic rings. The molecule has 4 nitrogen and oxygen atoms in total. The molecule has 0 saturated carbocycles. The maximum Gasteiger partial charge on any atom is 0.124 e. The number of benzene rings is 1. The number of nitrogens with two attached hydrogens (primary N) is 1. The van der Waals surface area contributed by atoms with Crippen molar-refractivity contribution in [1.82, 2.24) is 4.90 Å². The lowest BCUT2D eigenvalue weighted by Gasteiger charge is -2.46. The Morgan fingerprint density at radius 1 is 1.30 bits per heavy atom. The monoisotopic (exact) mass is 276 g/mol. The lowest BCUT2D eigenvalue weighted by atomic mass is 9.93. The molecule has 0 aromatic heterocycles. The van der Waals surface area contributed by atoms with Crippen LogP contribution in [0.25, 0.3) is 0 Å². The van der Waals surface area contributed by atoms with E-state index < -0.39 is 0 Å². The molecule has 4 atom stereocenters. The molecule has 4 unspecified atom stereocenters. The predicted octanol–water partition coefficient (Wildman–Crippen LogP) is 1.95. The molecule has 20 heavy (non-hydrogen) atoms. The van der Waals surface area contributed by atoms with Crippen molar-refractivity contribution in [1.29, 1.82) is 0 Å². The molecule has 2 aliphatic heterocycles. The highest BCUT2D eigenvalue weighted by atomic mass is 16.5. The molecule has 2 N–H and O–H groups in total. The molecule has 0 bridgehead atoms. The molecule has 4 heteroatoms. The number of nitrogens with zero attached hydrogens (tertiary/aromatic N) is 1. The summed E-state index contributed by atoms with van der Waals surface area (Å²) in [6.45, 7) is 6.73. The lowest BCUT2D eigenvalue weighted by molar-refractivity contribution is -0.0848. The summed E-state index contributed by atoms with van der Waals surface area (Å²) in [6, 6.07) is 8.81. The highest BCUT2D eigenvalue weighted by Crippen LogP contribution is 2.34.